The molecule has 1 aromatic heterocycles. The van der Waals surface area contributed by atoms with Crippen molar-refractivity contribution in [3.05, 3.63) is 33.7 Å². The zero-order valence-corrected chi connectivity index (χ0v) is 12.7. The number of aromatic amines is 1. The second kappa shape index (κ2) is 7.39. The summed E-state index contributed by atoms with van der Waals surface area (Å²) in [7, 11) is 0. The average Bonchev–Trinajstić information content (AvgIpc) is 2.42. The summed E-state index contributed by atoms with van der Waals surface area (Å²) < 4.78 is 0. The number of hydrogen-bond acceptors (Lipinski definition) is 4. The lowest BCUT2D eigenvalue weighted by Gasteiger charge is -2.26. The molecule has 0 fully saturated rings. The number of nitrogens with zero attached hydrogens (tertiary/aromatic N) is 1. The Labute approximate surface area is 127 Å². The van der Waals surface area contributed by atoms with Gasteiger partial charge in [-0.2, -0.15) is 0 Å². The Hall–Kier alpha value is -2.64. The van der Waals surface area contributed by atoms with Crippen molar-refractivity contribution >= 4 is 17.8 Å². The van der Waals surface area contributed by atoms with E-state index in [9.17, 15) is 19.2 Å². The number of nitrogens with one attached hydrogen (secondary N) is 2. The molecule has 0 spiro atoms. The molecule has 1 unspecified atom stereocenters. The lowest BCUT2D eigenvalue weighted by Crippen LogP contribution is -2.48. The molecule has 8 heteroatoms. The number of amides is 2. The molecule has 0 bridgehead atoms. The highest BCUT2D eigenvalue weighted by Crippen LogP contribution is 2.06. The van der Waals surface area contributed by atoms with Crippen LogP contribution >= 0.6 is 0 Å². The number of aliphatic carboxylic acids is 1. The number of hydrogen-bond donors (Lipinski definition) is 3. The van der Waals surface area contributed by atoms with E-state index in [0.29, 0.717) is 5.69 Å². The minimum Gasteiger partial charge on any atom is -0.480 e. The van der Waals surface area contributed by atoms with Gasteiger partial charge in [-0.25, -0.2) is 4.79 Å². The molecular formula is C14H19N3O5. The van der Waals surface area contributed by atoms with E-state index in [4.69, 9.17) is 5.11 Å². The van der Waals surface area contributed by atoms with Gasteiger partial charge < -0.3 is 20.3 Å². The van der Waals surface area contributed by atoms with Crippen molar-refractivity contribution < 1.29 is 19.5 Å². The van der Waals surface area contributed by atoms with Crippen molar-refractivity contribution in [2.24, 2.45) is 0 Å². The number of aromatic nitrogens is 1. The summed E-state index contributed by atoms with van der Waals surface area (Å²) in [5, 5.41) is 11.6. The Kier molecular flexibility index (Phi) is 5.85. The van der Waals surface area contributed by atoms with Gasteiger partial charge in [0, 0.05) is 25.7 Å². The monoisotopic (exact) mass is 309 g/mol. The molecule has 1 heterocycles. The van der Waals surface area contributed by atoms with Crippen molar-refractivity contribution in [1.29, 1.82) is 0 Å². The quantitative estimate of drug-likeness (QED) is 0.668. The molecule has 0 aliphatic heterocycles. The van der Waals surface area contributed by atoms with Gasteiger partial charge >= 0.3 is 5.97 Å². The van der Waals surface area contributed by atoms with E-state index in [1.54, 1.807) is 13.0 Å². The van der Waals surface area contributed by atoms with Gasteiger partial charge in [-0.3, -0.25) is 14.4 Å². The summed E-state index contributed by atoms with van der Waals surface area (Å²) in [4.78, 5) is 49.8. The summed E-state index contributed by atoms with van der Waals surface area (Å²) in [5.74, 6) is -2.18. The molecular weight excluding hydrogens is 290 g/mol. The van der Waals surface area contributed by atoms with Crippen LogP contribution in [0.5, 0.6) is 0 Å². The zero-order valence-electron chi connectivity index (χ0n) is 12.7. The topological polar surface area (TPSA) is 120 Å². The number of pyridine rings is 1. The van der Waals surface area contributed by atoms with Crippen LogP contribution in [0.1, 0.15) is 29.9 Å². The smallest absolute Gasteiger partial charge is 0.326 e. The van der Waals surface area contributed by atoms with Crippen LogP contribution in [0.15, 0.2) is 16.9 Å². The van der Waals surface area contributed by atoms with Crippen LogP contribution in [0.3, 0.4) is 0 Å². The largest absolute Gasteiger partial charge is 0.480 e. The molecule has 2 amide bonds. The number of carboxylic acid groups (broad SMARTS) is 1. The second-order valence-electron chi connectivity index (χ2n) is 4.88. The molecule has 0 saturated carbocycles. The average molecular weight is 309 g/mol. The Bertz CT molecular complexity index is 638. The standard InChI is InChI=1S/C14H19N3O5/c1-8-4-5-11(12(19)16-8)13(20)17(9(2)14(21)22)7-6-15-10(3)18/h4-5,9H,6-7H2,1-3H3,(H,15,18)(H,16,19)(H,21,22). The van der Waals surface area contributed by atoms with Crippen molar-refractivity contribution in [2.75, 3.05) is 13.1 Å². The van der Waals surface area contributed by atoms with E-state index < -0.39 is 23.5 Å². The molecule has 0 aliphatic rings. The van der Waals surface area contributed by atoms with Crippen molar-refractivity contribution in [1.82, 2.24) is 15.2 Å². The molecule has 120 valence electrons. The molecule has 1 atom stereocenters. The van der Waals surface area contributed by atoms with Gasteiger partial charge in [-0.15, -0.1) is 0 Å². The predicted octanol–water partition coefficient (Wildman–Crippen LogP) is -0.265. The van der Waals surface area contributed by atoms with Crippen LogP contribution in [0, 0.1) is 6.92 Å². The Morgan fingerprint density at radius 1 is 1.36 bits per heavy atom. The molecule has 22 heavy (non-hydrogen) atoms. The third-order valence-electron chi connectivity index (χ3n) is 3.10. The number of rotatable bonds is 6. The molecule has 0 aliphatic carbocycles. The van der Waals surface area contributed by atoms with Crippen LogP contribution in [0.25, 0.3) is 0 Å². The van der Waals surface area contributed by atoms with E-state index in [1.807, 2.05) is 0 Å². The zero-order chi connectivity index (χ0) is 16.9. The number of carbonyl (C=O) groups is 3. The minimum atomic E-state index is -1.19. The second-order valence-corrected chi connectivity index (χ2v) is 4.88. The molecule has 8 nitrogen and oxygen atoms in total. The first-order valence-electron chi connectivity index (χ1n) is 6.72. The van der Waals surface area contributed by atoms with Gasteiger partial charge in [0.25, 0.3) is 11.5 Å². The van der Waals surface area contributed by atoms with Crippen molar-refractivity contribution in [2.45, 2.75) is 26.8 Å². The van der Waals surface area contributed by atoms with Crippen LogP contribution in [-0.4, -0.2) is 51.9 Å². The van der Waals surface area contributed by atoms with Gasteiger partial charge in [0.1, 0.15) is 11.6 Å². The normalized spacial score (nSPS) is 11.6. The van der Waals surface area contributed by atoms with E-state index in [0.717, 1.165) is 4.90 Å². The predicted molar refractivity (Wildman–Crippen MR) is 78.6 cm³/mol. The van der Waals surface area contributed by atoms with Gasteiger partial charge in [0.2, 0.25) is 5.91 Å². The summed E-state index contributed by atoms with van der Waals surface area (Å²) in [6.45, 7) is 4.42. The first kappa shape index (κ1) is 17.4. The summed E-state index contributed by atoms with van der Waals surface area (Å²) >= 11 is 0. The maximum atomic E-state index is 12.4. The Morgan fingerprint density at radius 2 is 2.00 bits per heavy atom. The van der Waals surface area contributed by atoms with E-state index in [2.05, 4.69) is 10.3 Å². The molecule has 0 radical (unpaired) electrons. The highest BCUT2D eigenvalue weighted by atomic mass is 16.4. The first-order chi connectivity index (χ1) is 10.2. The third-order valence-corrected chi connectivity index (χ3v) is 3.10. The molecule has 0 saturated heterocycles. The van der Waals surface area contributed by atoms with Gasteiger partial charge in [0.15, 0.2) is 0 Å². The fraction of sp³-hybridized carbons (Fsp3) is 0.429. The number of H-pyrrole nitrogens is 1. The molecule has 0 aromatic carbocycles. The van der Waals surface area contributed by atoms with E-state index in [1.165, 1.54) is 19.9 Å². The number of aryl methyl sites for hydroxylation is 1. The highest BCUT2D eigenvalue weighted by molar-refractivity contribution is 5.96. The maximum absolute atomic E-state index is 12.4. The Morgan fingerprint density at radius 3 is 2.50 bits per heavy atom. The first-order valence-corrected chi connectivity index (χ1v) is 6.72. The van der Waals surface area contributed by atoms with Gasteiger partial charge in [-0.1, -0.05) is 0 Å². The van der Waals surface area contributed by atoms with Crippen LogP contribution in [0.4, 0.5) is 0 Å². The highest BCUT2D eigenvalue weighted by Gasteiger charge is 2.27. The summed E-state index contributed by atoms with van der Waals surface area (Å²) in [5.41, 5.74) is -0.119. The van der Waals surface area contributed by atoms with Crippen molar-refractivity contribution in [3.63, 3.8) is 0 Å². The summed E-state index contributed by atoms with van der Waals surface area (Å²) in [6, 6.07) is 1.80. The van der Waals surface area contributed by atoms with Crippen molar-refractivity contribution in [3.8, 4) is 0 Å². The third kappa shape index (κ3) is 4.44. The fourth-order valence-electron chi connectivity index (χ4n) is 1.85. The lowest BCUT2D eigenvalue weighted by molar-refractivity contribution is -0.141. The fourth-order valence-corrected chi connectivity index (χ4v) is 1.85. The minimum absolute atomic E-state index is 0.0147. The van der Waals surface area contributed by atoms with E-state index >= 15 is 0 Å². The van der Waals surface area contributed by atoms with Gasteiger partial charge in [-0.05, 0) is 26.0 Å². The van der Waals surface area contributed by atoms with Crippen LogP contribution in [0.2, 0.25) is 0 Å². The van der Waals surface area contributed by atoms with Crippen LogP contribution in [-0.2, 0) is 9.59 Å². The lowest BCUT2D eigenvalue weighted by atomic mass is 10.2. The summed E-state index contributed by atoms with van der Waals surface area (Å²) in [6.07, 6.45) is 0. The Balaban J connectivity index is 3.03. The maximum Gasteiger partial charge on any atom is 0.326 e. The number of carbonyl (C=O) groups excluding carboxylic acids is 2. The SMILES string of the molecule is CC(=O)NCCN(C(=O)c1ccc(C)[nH]c1=O)C(C)C(=O)O. The van der Waals surface area contributed by atoms with Crippen LogP contribution < -0.4 is 10.9 Å². The molecule has 1 rings (SSSR count). The molecule has 3 N–H and O–H groups in total. The van der Waals surface area contributed by atoms with Gasteiger partial charge in [0.05, 0.1) is 0 Å². The van der Waals surface area contributed by atoms with E-state index in [-0.39, 0.29) is 24.6 Å². The molecule has 1 aromatic rings. The number of carboxylic acids is 1.